The number of hydrogen-bond donors (Lipinski definition) is 3. The van der Waals surface area contributed by atoms with Crippen molar-refractivity contribution in [1.82, 2.24) is 14.7 Å². The Bertz CT molecular complexity index is 1550. The molecule has 0 unspecified atom stereocenters. The van der Waals surface area contributed by atoms with Crippen LogP contribution in [-0.4, -0.2) is 95.1 Å². The first-order valence-electron chi connectivity index (χ1n) is 17.6. The lowest BCUT2D eigenvalue weighted by Gasteiger charge is -2.44. The second-order valence-corrected chi connectivity index (χ2v) is 15.4. The number of carbonyl (C=O) groups excluding carboxylic acids is 2. The number of phenolic OH excluding ortho intramolecular Hbond substituents is 1. The summed E-state index contributed by atoms with van der Waals surface area (Å²) >= 11 is 7.11. The number of ketones is 1. The highest BCUT2D eigenvalue weighted by atomic mass is 35.5. The normalized spacial score (nSPS) is 29.4. The third-order valence-electron chi connectivity index (χ3n) is 11.6. The lowest BCUT2D eigenvalue weighted by molar-refractivity contribution is -0.114. The highest BCUT2D eigenvalue weighted by Gasteiger charge is 2.71. The van der Waals surface area contributed by atoms with E-state index in [9.17, 15) is 19.8 Å². The number of aliphatic hydroxyl groups excluding tert-OH is 1. The molecule has 9 nitrogen and oxygen atoms in total. The number of aliphatic hydroxyl groups is 1. The SMILES string of the molecule is C1CCC1.C=C1C(C(N)=O)=C(O)[C@@H](N(C)C)[C@@H]2C[C@@H]3Cc4c(Cl)c(CN(CCN5CCCC5)CC5CC5)cc(O)c4C(=O)C3=C3O[C@]132. The second-order valence-electron chi connectivity index (χ2n) is 15.0. The molecular formula is C37H49ClN4O5. The van der Waals surface area contributed by atoms with E-state index in [0.717, 1.165) is 44.2 Å². The van der Waals surface area contributed by atoms with Crippen LogP contribution in [0, 0.1) is 17.8 Å². The molecule has 0 radical (unpaired) electrons. The van der Waals surface area contributed by atoms with Crippen LogP contribution < -0.4 is 5.73 Å². The average Bonchev–Trinajstić information content (AvgIpc) is 3.88. The zero-order chi connectivity index (χ0) is 33.2. The van der Waals surface area contributed by atoms with Gasteiger partial charge in [0.15, 0.2) is 17.1 Å². The number of halogens is 1. The van der Waals surface area contributed by atoms with Gasteiger partial charge in [-0.05, 0) is 94.7 Å². The number of hydrogen-bond acceptors (Lipinski definition) is 8. The van der Waals surface area contributed by atoms with Gasteiger partial charge in [0.1, 0.15) is 11.5 Å². The number of Topliss-reactive ketones (excluding diaryl/α,β-unsaturated/α-hetero) is 1. The number of likely N-dealkylation sites (tertiary alicyclic amines) is 1. The van der Waals surface area contributed by atoms with Crippen LogP contribution in [0.2, 0.25) is 5.02 Å². The monoisotopic (exact) mass is 664 g/mol. The van der Waals surface area contributed by atoms with Gasteiger partial charge in [-0.15, -0.1) is 0 Å². The van der Waals surface area contributed by atoms with E-state index in [1.54, 1.807) is 6.07 Å². The van der Waals surface area contributed by atoms with Crippen LogP contribution >= 0.6 is 11.6 Å². The van der Waals surface area contributed by atoms with Crippen LogP contribution in [0.15, 0.2) is 40.9 Å². The van der Waals surface area contributed by atoms with Crippen molar-refractivity contribution in [3.63, 3.8) is 0 Å². The molecule has 4 fully saturated rings. The number of nitrogens with two attached hydrogens (primary N) is 1. The highest BCUT2D eigenvalue weighted by Crippen LogP contribution is 2.66. The van der Waals surface area contributed by atoms with Crippen LogP contribution in [0.25, 0.3) is 0 Å². The van der Waals surface area contributed by atoms with Crippen LogP contribution in [0.1, 0.15) is 79.3 Å². The summed E-state index contributed by atoms with van der Waals surface area (Å²) in [6, 6.07) is 1.13. The minimum Gasteiger partial charge on any atom is -0.510 e. The van der Waals surface area contributed by atoms with Crippen molar-refractivity contribution < 1.29 is 24.5 Å². The fourth-order valence-corrected chi connectivity index (χ4v) is 8.88. The Kier molecular flexibility index (Phi) is 8.73. The summed E-state index contributed by atoms with van der Waals surface area (Å²) in [5.41, 5.74) is 7.13. The molecule has 2 saturated carbocycles. The number of fused-ring (bicyclic) bond motifs is 2. The van der Waals surface area contributed by atoms with Gasteiger partial charge in [-0.3, -0.25) is 19.4 Å². The Labute approximate surface area is 283 Å². The molecule has 5 aliphatic carbocycles. The molecule has 2 heterocycles. The predicted molar refractivity (Wildman–Crippen MR) is 181 cm³/mol. The van der Waals surface area contributed by atoms with Crippen LogP contribution in [0.3, 0.4) is 0 Å². The van der Waals surface area contributed by atoms with Crippen molar-refractivity contribution >= 4 is 23.3 Å². The largest absolute Gasteiger partial charge is 0.510 e. The van der Waals surface area contributed by atoms with E-state index in [1.165, 1.54) is 51.4 Å². The van der Waals surface area contributed by atoms with Crippen LogP contribution in [-0.2, 0) is 22.5 Å². The third-order valence-corrected chi connectivity index (χ3v) is 12.1. The fraction of sp³-hybridized carbons (Fsp3) is 0.622. The fourth-order valence-electron chi connectivity index (χ4n) is 8.60. The predicted octanol–water partition coefficient (Wildman–Crippen LogP) is 5.11. The molecule has 0 bridgehead atoms. The van der Waals surface area contributed by atoms with Crippen molar-refractivity contribution in [3.8, 4) is 5.75 Å². The summed E-state index contributed by atoms with van der Waals surface area (Å²) in [6.07, 6.45) is 12.0. The first-order chi connectivity index (χ1) is 22.5. The summed E-state index contributed by atoms with van der Waals surface area (Å²) < 4.78 is 6.26. The zero-order valence-electron chi connectivity index (χ0n) is 27.8. The Morgan fingerprint density at radius 1 is 1.15 bits per heavy atom. The van der Waals surface area contributed by atoms with Gasteiger partial charge in [-0.1, -0.05) is 43.9 Å². The first kappa shape index (κ1) is 32.7. The van der Waals surface area contributed by atoms with Gasteiger partial charge in [-0.25, -0.2) is 0 Å². The van der Waals surface area contributed by atoms with E-state index in [0.29, 0.717) is 46.9 Å². The lowest BCUT2D eigenvalue weighted by atomic mass is 9.60. The first-order valence-corrected chi connectivity index (χ1v) is 18.0. The number of epoxide rings is 1. The van der Waals surface area contributed by atoms with Gasteiger partial charge >= 0.3 is 0 Å². The van der Waals surface area contributed by atoms with E-state index in [4.69, 9.17) is 22.1 Å². The van der Waals surface area contributed by atoms with Crippen molar-refractivity contribution in [2.24, 2.45) is 23.5 Å². The molecule has 47 heavy (non-hydrogen) atoms. The maximum absolute atomic E-state index is 14.1. The second kappa shape index (κ2) is 12.6. The quantitative estimate of drug-likeness (QED) is 0.312. The minimum atomic E-state index is -1.07. The average molecular weight is 665 g/mol. The summed E-state index contributed by atoms with van der Waals surface area (Å²) in [7, 11) is 3.67. The Hall–Kier alpha value is -2.85. The van der Waals surface area contributed by atoms with Crippen molar-refractivity contribution in [3.05, 3.63) is 62.6 Å². The van der Waals surface area contributed by atoms with E-state index in [-0.39, 0.29) is 40.3 Å². The molecular weight excluding hydrogens is 616 g/mol. The zero-order valence-corrected chi connectivity index (χ0v) is 28.6. The smallest absolute Gasteiger partial charge is 0.252 e. The number of amides is 1. The van der Waals surface area contributed by atoms with Crippen LogP contribution in [0.5, 0.6) is 5.75 Å². The van der Waals surface area contributed by atoms with Crippen molar-refractivity contribution in [2.45, 2.75) is 82.4 Å². The van der Waals surface area contributed by atoms with Gasteiger partial charge < -0.3 is 25.6 Å². The molecule has 10 heteroatoms. The van der Waals surface area contributed by atoms with E-state index < -0.39 is 17.6 Å². The number of carbonyl (C=O) groups is 2. The topological polar surface area (TPSA) is 123 Å². The molecule has 4 atom stereocenters. The molecule has 1 aromatic rings. The number of primary amides is 1. The third kappa shape index (κ3) is 5.71. The number of aromatic hydroxyl groups is 1. The van der Waals surface area contributed by atoms with Crippen LogP contribution in [0.4, 0.5) is 0 Å². The number of likely N-dealkylation sites (N-methyl/N-ethyl adjacent to an activating group) is 1. The summed E-state index contributed by atoms with van der Waals surface area (Å²) in [5, 5.41) is 23.0. The molecule has 0 aromatic heterocycles. The van der Waals surface area contributed by atoms with E-state index in [1.807, 2.05) is 19.0 Å². The summed E-state index contributed by atoms with van der Waals surface area (Å²) in [5.74, 6) is -0.526. The Morgan fingerprint density at radius 2 is 1.83 bits per heavy atom. The highest BCUT2D eigenvalue weighted by molar-refractivity contribution is 6.33. The van der Waals surface area contributed by atoms with Crippen molar-refractivity contribution in [1.29, 1.82) is 0 Å². The molecule has 8 rings (SSSR count). The standard InChI is InChI=1S/C33H41ClN4O5.C4H8/c1-17-24(32(35)42)30(41)28(36(2)3)22-13-19-12-21-26(29(40)25(19)31-33(17,22)43-31)23(39)14-20(27(21)34)16-38(15-18-6-7-18)11-10-37-8-4-5-9-37;1-2-4-3-1/h14,18-19,22,28,39,41H,1,4-13,15-16H2,2-3H3,(H2,35,42);1-4H2/t19-,22-,28-,33-;/m0./s1. The molecule has 254 valence electrons. The maximum atomic E-state index is 14.1. The van der Waals surface area contributed by atoms with Crippen molar-refractivity contribution in [2.75, 3.05) is 46.8 Å². The summed E-state index contributed by atoms with van der Waals surface area (Å²) in [4.78, 5) is 33.3. The molecule has 4 N–H and O–H groups in total. The van der Waals surface area contributed by atoms with Gasteiger partial charge in [0.25, 0.3) is 5.91 Å². The number of allylic oxidation sites excluding steroid dienone is 1. The minimum absolute atomic E-state index is 0.0383. The number of nitrogens with zero attached hydrogens (tertiary/aromatic N) is 3. The number of benzene rings is 1. The Morgan fingerprint density at radius 3 is 2.43 bits per heavy atom. The molecule has 2 aliphatic heterocycles. The van der Waals surface area contributed by atoms with Gasteiger partial charge in [-0.2, -0.15) is 0 Å². The molecule has 1 spiro atoms. The molecule has 1 amide bonds. The molecule has 1 aromatic carbocycles. The number of rotatable bonds is 9. The van der Waals surface area contributed by atoms with Gasteiger partial charge in [0.05, 0.1) is 17.2 Å². The number of ether oxygens (including phenoxy) is 1. The Balaban J connectivity index is 0.000000818. The van der Waals surface area contributed by atoms with E-state index >= 15 is 0 Å². The van der Waals surface area contributed by atoms with Gasteiger partial charge in [0.2, 0.25) is 0 Å². The van der Waals surface area contributed by atoms with E-state index in [2.05, 4.69) is 16.4 Å². The summed E-state index contributed by atoms with van der Waals surface area (Å²) in [6.45, 7) is 10.0. The molecule has 7 aliphatic rings. The lowest BCUT2D eigenvalue weighted by Crippen LogP contribution is -2.52. The van der Waals surface area contributed by atoms with Gasteiger partial charge in [0, 0.05) is 48.3 Å². The maximum Gasteiger partial charge on any atom is 0.252 e. The molecule has 2 saturated heterocycles. The number of phenols is 1.